The van der Waals surface area contributed by atoms with Crippen LogP contribution in [0.15, 0.2) is 51.8 Å². The number of hydrazine groups is 1. The fraction of sp³-hybridized carbons (Fsp3) is 0.188. The van der Waals surface area contributed by atoms with Gasteiger partial charge >= 0.3 is 5.76 Å². The lowest BCUT2D eigenvalue weighted by Gasteiger charge is -2.06. The third-order valence-corrected chi connectivity index (χ3v) is 3.52. The molecule has 3 aromatic rings. The molecule has 0 aliphatic rings. The van der Waals surface area contributed by atoms with Crippen LogP contribution in [0.1, 0.15) is 23.3 Å². The molecule has 1 aromatic carbocycles. The molecule has 124 valence electrons. The van der Waals surface area contributed by atoms with Gasteiger partial charge in [-0.2, -0.15) is 0 Å². The summed E-state index contributed by atoms with van der Waals surface area (Å²) in [6.45, 7) is 0.355. The number of aromatic nitrogens is 2. The largest absolute Gasteiger partial charge is 0.419 e. The number of hydrogen-bond acceptors (Lipinski definition) is 4. The molecule has 0 saturated heterocycles. The van der Waals surface area contributed by atoms with Gasteiger partial charge in [0.2, 0.25) is 5.91 Å². The Balaban J connectivity index is 1.49. The predicted molar refractivity (Wildman–Crippen MR) is 86.1 cm³/mol. The molecule has 0 spiro atoms. The Morgan fingerprint density at radius 1 is 1.12 bits per heavy atom. The van der Waals surface area contributed by atoms with Crippen LogP contribution < -0.4 is 16.6 Å². The molecule has 0 aliphatic carbocycles. The van der Waals surface area contributed by atoms with Crippen LogP contribution >= 0.6 is 0 Å². The van der Waals surface area contributed by atoms with Gasteiger partial charge in [0.15, 0.2) is 5.58 Å². The lowest BCUT2D eigenvalue weighted by molar-refractivity contribution is -0.122. The molecule has 0 fully saturated rings. The number of carbonyl (C=O) groups excluding carboxylic acids is 2. The minimum Gasteiger partial charge on any atom is -0.408 e. The summed E-state index contributed by atoms with van der Waals surface area (Å²) in [7, 11) is 0. The minimum absolute atomic E-state index is 0.164. The summed E-state index contributed by atoms with van der Waals surface area (Å²) in [5.74, 6) is -1.21. The number of amides is 2. The monoisotopic (exact) mass is 328 g/mol. The number of aromatic amines is 1. The fourth-order valence-corrected chi connectivity index (χ4v) is 2.35. The van der Waals surface area contributed by atoms with E-state index in [1.54, 1.807) is 36.5 Å². The van der Waals surface area contributed by atoms with Gasteiger partial charge in [0.1, 0.15) is 5.69 Å². The second-order valence-corrected chi connectivity index (χ2v) is 5.18. The maximum atomic E-state index is 11.8. The number of oxazole rings is 1. The molecule has 0 saturated carbocycles. The van der Waals surface area contributed by atoms with Crippen LogP contribution in [0.2, 0.25) is 0 Å². The number of fused-ring (bicyclic) bond motifs is 1. The molecular weight excluding hydrogens is 312 g/mol. The van der Waals surface area contributed by atoms with Gasteiger partial charge in [0.05, 0.1) is 5.52 Å². The van der Waals surface area contributed by atoms with E-state index >= 15 is 0 Å². The molecule has 3 N–H and O–H groups in total. The number of aryl methyl sites for hydroxylation is 1. The van der Waals surface area contributed by atoms with Crippen LogP contribution in [0, 0.1) is 0 Å². The molecule has 3 rings (SSSR count). The molecular formula is C16H16N4O4. The van der Waals surface area contributed by atoms with Crippen molar-refractivity contribution in [3.63, 3.8) is 0 Å². The van der Waals surface area contributed by atoms with Crippen molar-refractivity contribution in [2.45, 2.75) is 19.4 Å². The second kappa shape index (κ2) is 6.86. The fourth-order valence-electron chi connectivity index (χ4n) is 2.35. The molecule has 8 nitrogen and oxygen atoms in total. The van der Waals surface area contributed by atoms with Crippen LogP contribution in [-0.4, -0.2) is 21.4 Å². The summed E-state index contributed by atoms with van der Waals surface area (Å²) in [5.41, 5.74) is 6.22. The summed E-state index contributed by atoms with van der Waals surface area (Å²) in [6.07, 6.45) is 2.22. The summed E-state index contributed by atoms with van der Waals surface area (Å²) >= 11 is 0. The van der Waals surface area contributed by atoms with E-state index in [0.717, 1.165) is 0 Å². The smallest absolute Gasteiger partial charge is 0.408 e. The van der Waals surface area contributed by atoms with Crippen molar-refractivity contribution in [3.8, 4) is 0 Å². The molecule has 0 aliphatic heterocycles. The number of benzene rings is 1. The van der Waals surface area contributed by atoms with Crippen LogP contribution in [-0.2, 0) is 11.3 Å². The highest BCUT2D eigenvalue weighted by atomic mass is 16.4. The molecule has 2 amide bonds. The Hall–Kier alpha value is -3.29. The molecule has 24 heavy (non-hydrogen) atoms. The van der Waals surface area contributed by atoms with Gasteiger partial charge in [-0.05, 0) is 30.7 Å². The van der Waals surface area contributed by atoms with Gasteiger partial charge in [-0.3, -0.25) is 25.0 Å². The van der Waals surface area contributed by atoms with E-state index in [-0.39, 0.29) is 12.3 Å². The molecule has 0 radical (unpaired) electrons. The standard InChI is InChI=1S/C16H16N4O4/c21-14(18-19-15(22)11-5-3-9-17-11)8-4-10-20-12-6-1-2-7-13(12)24-16(20)23/h1-3,5-7,9,17H,4,8,10H2,(H,18,21)(H,19,22). The van der Waals surface area contributed by atoms with Gasteiger partial charge in [-0.15, -0.1) is 0 Å². The highest BCUT2D eigenvalue weighted by molar-refractivity contribution is 5.93. The van der Waals surface area contributed by atoms with E-state index in [1.165, 1.54) is 4.57 Å². The predicted octanol–water partition coefficient (Wildman–Crippen LogP) is 1.16. The summed E-state index contributed by atoms with van der Waals surface area (Å²) in [5, 5.41) is 0. The number of para-hydroxylation sites is 2. The van der Waals surface area contributed by atoms with Crippen molar-refractivity contribution < 1.29 is 14.0 Å². The van der Waals surface area contributed by atoms with Crippen molar-refractivity contribution in [2.75, 3.05) is 0 Å². The van der Waals surface area contributed by atoms with Gasteiger partial charge in [0, 0.05) is 19.2 Å². The first kappa shape index (κ1) is 15.6. The van der Waals surface area contributed by atoms with Crippen LogP contribution in [0.3, 0.4) is 0 Å². The third-order valence-electron chi connectivity index (χ3n) is 3.52. The van der Waals surface area contributed by atoms with Crippen LogP contribution in [0.5, 0.6) is 0 Å². The highest BCUT2D eigenvalue weighted by Gasteiger charge is 2.10. The molecule has 2 heterocycles. The zero-order valence-electron chi connectivity index (χ0n) is 12.7. The Kier molecular flexibility index (Phi) is 4.46. The first-order valence-electron chi connectivity index (χ1n) is 7.46. The molecule has 8 heteroatoms. The van der Waals surface area contributed by atoms with E-state index in [1.807, 2.05) is 6.07 Å². The second-order valence-electron chi connectivity index (χ2n) is 5.18. The normalized spacial score (nSPS) is 10.7. The Morgan fingerprint density at radius 2 is 1.96 bits per heavy atom. The van der Waals surface area contributed by atoms with Gasteiger partial charge in [-0.1, -0.05) is 12.1 Å². The zero-order valence-corrected chi connectivity index (χ0v) is 12.7. The van der Waals surface area contributed by atoms with Gasteiger partial charge in [-0.25, -0.2) is 4.79 Å². The lowest BCUT2D eigenvalue weighted by Crippen LogP contribution is -2.41. The molecule has 0 atom stereocenters. The topological polar surface area (TPSA) is 109 Å². The molecule has 0 unspecified atom stereocenters. The number of nitrogens with one attached hydrogen (secondary N) is 3. The van der Waals surface area contributed by atoms with Crippen LogP contribution in [0.25, 0.3) is 11.1 Å². The van der Waals surface area contributed by atoms with Crippen molar-refractivity contribution in [1.29, 1.82) is 0 Å². The summed E-state index contributed by atoms with van der Waals surface area (Å²) < 4.78 is 6.61. The highest BCUT2D eigenvalue weighted by Crippen LogP contribution is 2.12. The number of hydrogen-bond donors (Lipinski definition) is 3. The van der Waals surface area contributed by atoms with Gasteiger partial charge in [0.25, 0.3) is 5.91 Å². The van der Waals surface area contributed by atoms with E-state index in [2.05, 4.69) is 15.8 Å². The molecule has 0 bridgehead atoms. The first-order valence-corrected chi connectivity index (χ1v) is 7.46. The molecule has 2 aromatic heterocycles. The average molecular weight is 328 g/mol. The minimum atomic E-state index is -0.448. The summed E-state index contributed by atoms with van der Waals surface area (Å²) in [4.78, 5) is 37.9. The number of H-pyrrole nitrogens is 1. The lowest BCUT2D eigenvalue weighted by atomic mass is 10.3. The number of nitrogens with zero attached hydrogens (tertiary/aromatic N) is 1. The number of rotatable bonds is 5. The summed E-state index contributed by atoms with van der Waals surface area (Å²) in [6, 6.07) is 10.4. The SMILES string of the molecule is O=C(CCCn1c(=O)oc2ccccc21)NNC(=O)c1ccc[nH]1. The third kappa shape index (κ3) is 3.37. The average Bonchev–Trinajstić information content (AvgIpc) is 3.21. The van der Waals surface area contributed by atoms with Crippen LogP contribution in [0.4, 0.5) is 0 Å². The van der Waals surface area contributed by atoms with Gasteiger partial charge < -0.3 is 9.40 Å². The van der Waals surface area contributed by atoms with Crippen molar-refractivity contribution >= 4 is 22.9 Å². The first-order chi connectivity index (χ1) is 11.6. The van der Waals surface area contributed by atoms with Crippen molar-refractivity contribution in [2.24, 2.45) is 0 Å². The van der Waals surface area contributed by atoms with E-state index in [4.69, 9.17) is 4.42 Å². The van der Waals surface area contributed by atoms with Crippen molar-refractivity contribution in [3.05, 3.63) is 58.8 Å². The quantitative estimate of drug-likeness (QED) is 0.611. The number of carbonyl (C=O) groups is 2. The maximum Gasteiger partial charge on any atom is 0.419 e. The zero-order chi connectivity index (χ0) is 16.9. The van der Waals surface area contributed by atoms with E-state index in [0.29, 0.717) is 29.8 Å². The maximum absolute atomic E-state index is 11.8. The Bertz CT molecular complexity index is 908. The Labute approximate surface area is 136 Å². The van der Waals surface area contributed by atoms with E-state index in [9.17, 15) is 14.4 Å². The Morgan fingerprint density at radius 3 is 2.75 bits per heavy atom. The van der Waals surface area contributed by atoms with Crippen molar-refractivity contribution in [1.82, 2.24) is 20.4 Å². The van der Waals surface area contributed by atoms with E-state index < -0.39 is 11.7 Å².